The van der Waals surface area contributed by atoms with Crippen LogP contribution in [0.1, 0.15) is 42.9 Å². The third kappa shape index (κ3) is 4.80. The largest absolute Gasteiger partial charge is 0.481 e. The number of piperidine rings is 1. The SMILES string of the molecule is C#CCOc1ccccc1CN1CCC(c2cc(=O)[nH]c(N3CCCC3)n2)CC1. The lowest BCUT2D eigenvalue weighted by Gasteiger charge is -2.32. The predicted octanol–water partition coefficient (Wildman–Crippen LogP) is 2.76. The maximum absolute atomic E-state index is 12.2. The summed E-state index contributed by atoms with van der Waals surface area (Å²) in [5.41, 5.74) is 2.05. The lowest BCUT2D eigenvalue weighted by atomic mass is 9.93. The number of H-pyrrole nitrogens is 1. The van der Waals surface area contributed by atoms with Crippen molar-refractivity contribution in [3.8, 4) is 18.1 Å². The van der Waals surface area contributed by atoms with E-state index in [0.29, 0.717) is 5.92 Å². The van der Waals surface area contributed by atoms with Gasteiger partial charge in [0.15, 0.2) is 0 Å². The Balaban J connectivity index is 1.39. The van der Waals surface area contributed by atoms with Crippen molar-refractivity contribution in [1.82, 2.24) is 14.9 Å². The third-order valence-electron chi connectivity index (χ3n) is 5.84. The highest BCUT2D eigenvalue weighted by Gasteiger charge is 2.24. The van der Waals surface area contributed by atoms with Crippen molar-refractivity contribution < 1.29 is 4.74 Å². The molecule has 4 rings (SSSR count). The van der Waals surface area contributed by atoms with Crippen molar-refractivity contribution in [2.45, 2.75) is 38.1 Å². The van der Waals surface area contributed by atoms with Gasteiger partial charge >= 0.3 is 0 Å². The van der Waals surface area contributed by atoms with Gasteiger partial charge < -0.3 is 9.64 Å². The number of likely N-dealkylation sites (tertiary alicyclic amines) is 1. The summed E-state index contributed by atoms with van der Waals surface area (Å²) in [5, 5.41) is 0. The van der Waals surface area contributed by atoms with E-state index in [9.17, 15) is 4.79 Å². The highest BCUT2D eigenvalue weighted by molar-refractivity contribution is 5.34. The Labute approximate surface area is 171 Å². The number of nitrogens with zero attached hydrogens (tertiary/aromatic N) is 3. The molecule has 0 spiro atoms. The first-order valence-corrected chi connectivity index (χ1v) is 10.5. The van der Waals surface area contributed by atoms with E-state index in [1.165, 1.54) is 12.8 Å². The molecule has 1 aromatic carbocycles. The molecule has 0 saturated carbocycles. The van der Waals surface area contributed by atoms with Crippen molar-refractivity contribution in [3.63, 3.8) is 0 Å². The number of nitrogens with one attached hydrogen (secondary N) is 1. The van der Waals surface area contributed by atoms with Gasteiger partial charge in [0.1, 0.15) is 12.4 Å². The van der Waals surface area contributed by atoms with Crippen LogP contribution in [0.2, 0.25) is 0 Å². The molecule has 0 radical (unpaired) electrons. The van der Waals surface area contributed by atoms with Gasteiger partial charge in [0.25, 0.3) is 5.56 Å². The molecule has 6 heteroatoms. The maximum Gasteiger partial charge on any atom is 0.252 e. The molecule has 2 saturated heterocycles. The fourth-order valence-electron chi connectivity index (χ4n) is 4.27. The van der Waals surface area contributed by atoms with Crippen LogP contribution in [0.3, 0.4) is 0 Å². The summed E-state index contributed by atoms with van der Waals surface area (Å²) >= 11 is 0. The summed E-state index contributed by atoms with van der Waals surface area (Å²) in [4.78, 5) is 24.5. The quantitative estimate of drug-likeness (QED) is 0.766. The molecule has 1 aromatic heterocycles. The topological polar surface area (TPSA) is 61.5 Å². The predicted molar refractivity (Wildman–Crippen MR) is 114 cm³/mol. The Morgan fingerprint density at radius 1 is 1.17 bits per heavy atom. The molecule has 0 bridgehead atoms. The number of aromatic amines is 1. The first-order valence-electron chi connectivity index (χ1n) is 10.5. The van der Waals surface area contributed by atoms with Crippen molar-refractivity contribution in [2.75, 3.05) is 37.7 Å². The van der Waals surface area contributed by atoms with E-state index in [-0.39, 0.29) is 12.2 Å². The van der Waals surface area contributed by atoms with Crippen LogP contribution < -0.4 is 15.2 Å². The highest BCUT2D eigenvalue weighted by atomic mass is 16.5. The van der Waals surface area contributed by atoms with Crippen molar-refractivity contribution in [1.29, 1.82) is 0 Å². The minimum Gasteiger partial charge on any atom is -0.481 e. The Bertz CT molecular complexity index is 919. The van der Waals surface area contributed by atoms with Crippen LogP contribution in [-0.2, 0) is 6.54 Å². The van der Waals surface area contributed by atoms with Crippen LogP contribution >= 0.6 is 0 Å². The second kappa shape index (κ2) is 9.15. The lowest BCUT2D eigenvalue weighted by molar-refractivity contribution is 0.200. The van der Waals surface area contributed by atoms with E-state index in [1.54, 1.807) is 6.07 Å². The average Bonchev–Trinajstić information content (AvgIpc) is 3.28. The molecule has 1 N–H and O–H groups in total. The molecule has 2 aliphatic heterocycles. The third-order valence-corrected chi connectivity index (χ3v) is 5.84. The van der Waals surface area contributed by atoms with E-state index in [4.69, 9.17) is 16.1 Å². The molecule has 3 heterocycles. The molecule has 2 aromatic rings. The zero-order valence-electron chi connectivity index (χ0n) is 16.8. The Morgan fingerprint density at radius 3 is 2.69 bits per heavy atom. The molecule has 6 nitrogen and oxygen atoms in total. The van der Waals surface area contributed by atoms with Crippen LogP contribution in [0.4, 0.5) is 5.95 Å². The highest BCUT2D eigenvalue weighted by Crippen LogP contribution is 2.29. The Morgan fingerprint density at radius 2 is 1.93 bits per heavy atom. The number of terminal acetylenes is 1. The smallest absolute Gasteiger partial charge is 0.252 e. The second-order valence-corrected chi connectivity index (χ2v) is 7.84. The van der Waals surface area contributed by atoms with Gasteiger partial charge in [0.2, 0.25) is 5.95 Å². The first-order chi connectivity index (χ1) is 14.2. The van der Waals surface area contributed by atoms with Gasteiger partial charge in [-0.3, -0.25) is 14.7 Å². The molecule has 29 heavy (non-hydrogen) atoms. The standard InChI is InChI=1S/C23H28N4O2/c1-2-15-29-21-8-4-3-7-19(21)17-26-13-9-18(10-14-26)20-16-22(28)25-23(24-20)27-11-5-6-12-27/h1,3-4,7-8,16,18H,5-6,9-15,17H2,(H,24,25,28). The zero-order chi connectivity index (χ0) is 20.1. The van der Waals surface area contributed by atoms with Gasteiger partial charge in [-0.05, 0) is 44.8 Å². The summed E-state index contributed by atoms with van der Waals surface area (Å²) < 4.78 is 5.68. The molecule has 152 valence electrons. The van der Waals surface area contributed by atoms with E-state index in [2.05, 4.69) is 26.8 Å². The van der Waals surface area contributed by atoms with E-state index >= 15 is 0 Å². The van der Waals surface area contributed by atoms with E-state index in [0.717, 1.165) is 68.5 Å². The first kappa shape index (κ1) is 19.5. The molecule has 0 aliphatic carbocycles. The summed E-state index contributed by atoms with van der Waals surface area (Å²) in [5.74, 6) is 4.46. The Kier molecular flexibility index (Phi) is 6.16. The summed E-state index contributed by atoms with van der Waals surface area (Å²) in [6, 6.07) is 9.75. The van der Waals surface area contributed by atoms with E-state index in [1.807, 2.05) is 18.2 Å². The van der Waals surface area contributed by atoms with Crippen molar-refractivity contribution in [3.05, 3.63) is 51.9 Å². The van der Waals surface area contributed by atoms with Crippen molar-refractivity contribution >= 4 is 5.95 Å². The van der Waals surface area contributed by atoms with Gasteiger partial charge in [-0.2, -0.15) is 0 Å². The second-order valence-electron chi connectivity index (χ2n) is 7.84. The zero-order valence-corrected chi connectivity index (χ0v) is 16.8. The van der Waals surface area contributed by atoms with Gasteiger partial charge in [0, 0.05) is 37.2 Å². The van der Waals surface area contributed by atoms with Gasteiger partial charge in [-0.25, -0.2) is 4.98 Å². The molecule has 0 amide bonds. The lowest BCUT2D eigenvalue weighted by Crippen LogP contribution is -2.33. The molecular formula is C23H28N4O2. The van der Waals surface area contributed by atoms with Crippen LogP contribution in [-0.4, -0.2) is 47.7 Å². The monoisotopic (exact) mass is 392 g/mol. The van der Waals surface area contributed by atoms with Gasteiger partial charge in [-0.15, -0.1) is 6.42 Å². The minimum atomic E-state index is -0.0427. The molecule has 2 fully saturated rings. The normalized spacial score (nSPS) is 18.0. The summed E-state index contributed by atoms with van der Waals surface area (Å²) in [6.45, 7) is 5.03. The van der Waals surface area contributed by atoms with Crippen LogP contribution in [0.15, 0.2) is 35.1 Å². The van der Waals surface area contributed by atoms with Gasteiger partial charge in [-0.1, -0.05) is 24.1 Å². The number of ether oxygens (including phenoxy) is 1. The summed E-state index contributed by atoms with van der Waals surface area (Å²) in [7, 11) is 0. The van der Waals surface area contributed by atoms with Crippen LogP contribution in [0.5, 0.6) is 5.75 Å². The fourth-order valence-corrected chi connectivity index (χ4v) is 4.27. The number of aromatic nitrogens is 2. The number of anilines is 1. The number of benzene rings is 1. The number of rotatable bonds is 6. The van der Waals surface area contributed by atoms with Crippen LogP contribution in [0, 0.1) is 12.3 Å². The summed E-state index contributed by atoms with van der Waals surface area (Å²) in [6.07, 6.45) is 9.66. The maximum atomic E-state index is 12.2. The molecule has 0 unspecified atom stereocenters. The Hall–Kier alpha value is -2.78. The van der Waals surface area contributed by atoms with Crippen LogP contribution in [0.25, 0.3) is 0 Å². The number of hydrogen-bond donors (Lipinski definition) is 1. The molecular weight excluding hydrogens is 364 g/mol. The van der Waals surface area contributed by atoms with Gasteiger partial charge in [0.05, 0.1) is 5.69 Å². The molecule has 2 aliphatic rings. The molecule has 0 atom stereocenters. The number of hydrogen-bond acceptors (Lipinski definition) is 5. The number of para-hydroxylation sites is 1. The average molecular weight is 393 g/mol. The minimum absolute atomic E-state index is 0.0427. The fraction of sp³-hybridized carbons (Fsp3) is 0.478. The van der Waals surface area contributed by atoms with Crippen molar-refractivity contribution in [2.24, 2.45) is 0 Å². The van der Waals surface area contributed by atoms with E-state index < -0.39 is 0 Å².